The predicted molar refractivity (Wildman–Crippen MR) is 80.9 cm³/mol. The lowest BCUT2D eigenvalue weighted by atomic mass is 9.85. The van der Waals surface area contributed by atoms with Gasteiger partial charge < -0.3 is 10.2 Å². The van der Waals surface area contributed by atoms with Gasteiger partial charge in [0.2, 0.25) is 0 Å². The lowest BCUT2D eigenvalue weighted by Crippen LogP contribution is -2.47. The fourth-order valence-electron chi connectivity index (χ4n) is 2.69. The van der Waals surface area contributed by atoms with Crippen LogP contribution in [0.3, 0.4) is 0 Å². The van der Waals surface area contributed by atoms with Gasteiger partial charge in [-0.25, -0.2) is 0 Å². The molecular weight excluding hydrogens is 288 g/mol. The van der Waals surface area contributed by atoms with Crippen LogP contribution >= 0.6 is 15.9 Å². The summed E-state index contributed by atoms with van der Waals surface area (Å²) in [6.07, 6.45) is 1.14. The van der Waals surface area contributed by atoms with Crippen molar-refractivity contribution < 1.29 is 0 Å². The molecule has 2 nitrogen and oxygen atoms in total. The second kappa shape index (κ2) is 6.18. The van der Waals surface area contributed by atoms with E-state index in [2.05, 4.69) is 64.3 Å². The third-order valence-corrected chi connectivity index (χ3v) is 3.99. The fraction of sp³-hybridized carbons (Fsp3) is 0.600. The Hall–Kier alpha value is -0.380. The van der Waals surface area contributed by atoms with E-state index in [0.717, 1.165) is 24.0 Å². The minimum absolute atomic E-state index is 0.338. The van der Waals surface area contributed by atoms with Gasteiger partial charge in [0, 0.05) is 37.2 Å². The Morgan fingerprint density at radius 3 is 2.39 bits per heavy atom. The molecule has 1 aliphatic heterocycles. The van der Waals surface area contributed by atoms with Crippen LogP contribution < -0.4 is 5.32 Å². The van der Waals surface area contributed by atoms with Crippen LogP contribution in [0.25, 0.3) is 0 Å². The van der Waals surface area contributed by atoms with Crippen molar-refractivity contribution in [2.45, 2.75) is 20.3 Å². The molecule has 1 N–H and O–H groups in total. The zero-order chi connectivity index (χ0) is 13.0. The molecule has 0 saturated carbocycles. The van der Waals surface area contributed by atoms with Crippen molar-refractivity contribution in [3.8, 4) is 0 Å². The SMILES string of the molecule is CC(C)(Cc1ccc(Br)cc1)CN1CCNCC1. The Labute approximate surface area is 119 Å². The van der Waals surface area contributed by atoms with E-state index in [-0.39, 0.29) is 0 Å². The molecular formula is C15H23BrN2. The van der Waals surface area contributed by atoms with Crippen molar-refractivity contribution in [1.29, 1.82) is 0 Å². The van der Waals surface area contributed by atoms with Crippen molar-refractivity contribution in [2.75, 3.05) is 32.7 Å². The summed E-state index contributed by atoms with van der Waals surface area (Å²) in [5.74, 6) is 0. The largest absolute Gasteiger partial charge is 0.314 e. The summed E-state index contributed by atoms with van der Waals surface area (Å²) in [6, 6.07) is 8.72. The molecule has 0 spiro atoms. The first-order valence-electron chi connectivity index (χ1n) is 6.73. The normalized spacial score (nSPS) is 17.9. The van der Waals surface area contributed by atoms with Crippen LogP contribution in [0.5, 0.6) is 0 Å². The summed E-state index contributed by atoms with van der Waals surface area (Å²) < 4.78 is 1.16. The highest BCUT2D eigenvalue weighted by atomic mass is 79.9. The summed E-state index contributed by atoms with van der Waals surface area (Å²) in [7, 11) is 0. The number of piperazine rings is 1. The number of rotatable bonds is 4. The Balaban J connectivity index is 1.91. The monoisotopic (exact) mass is 310 g/mol. The molecule has 0 radical (unpaired) electrons. The van der Waals surface area contributed by atoms with E-state index in [9.17, 15) is 0 Å². The van der Waals surface area contributed by atoms with Crippen molar-refractivity contribution in [2.24, 2.45) is 5.41 Å². The molecule has 1 aliphatic rings. The summed E-state index contributed by atoms with van der Waals surface area (Å²) in [5.41, 5.74) is 1.77. The lowest BCUT2D eigenvalue weighted by Gasteiger charge is -2.35. The minimum Gasteiger partial charge on any atom is -0.314 e. The summed E-state index contributed by atoms with van der Waals surface area (Å²) in [6.45, 7) is 10.6. The summed E-state index contributed by atoms with van der Waals surface area (Å²) in [4.78, 5) is 2.58. The van der Waals surface area contributed by atoms with Crippen molar-refractivity contribution in [3.63, 3.8) is 0 Å². The maximum Gasteiger partial charge on any atom is 0.0175 e. The number of hydrogen-bond acceptors (Lipinski definition) is 2. The first-order chi connectivity index (χ1) is 8.55. The molecule has 0 aliphatic carbocycles. The molecule has 0 atom stereocenters. The molecule has 0 bridgehead atoms. The molecule has 1 heterocycles. The third-order valence-electron chi connectivity index (χ3n) is 3.46. The first kappa shape index (κ1) is 14.0. The average molecular weight is 311 g/mol. The summed E-state index contributed by atoms with van der Waals surface area (Å²) in [5, 5.41) is 3.41. The molecule has 3 heteroatoms. The van der Waals surface area contributed by atoms with Gasteiger partial charge in [0.15, 0.2) is 0 Å². The van der Waals surface area contributed by atoms with Crippen LogP contribution in [0, 0.1) is 5.41 Å². The lowest BCUT2D eigenvalue weighted by molar-refractivity contribution is 0.160. The van der Waals surface area contributed by atoms with E-state index in [1.54, 1.807) is 0 Å². The van der Waals surface area contributed by atoms with Gasteiger partial charge in [0.05, 0.1) is 0 Å². The molecule has 1 aromatic rings. The number of nitrogens with one attached hydrogen (secondary N) is 1. The number of benzene rings is 1. The maximum absolute atomic E-state index is 3.49. The molecule has 1 saturated heterocycles. The molecule has 2 rings (SSSR count). The molecule has 1 fully saturated rings. The van der Waals surface area contributed by atoms with Crippen LogP contribution in [0.2, 0.25) is 0 Å². The molecule has 0 unspecified atom stereocenters. The molecule has 18 heavy (non-hydrogen) atoms. The van der Waals surface area contributed by atoms with E-state index < -0.39 is 0 Å². The highest BCUT2D eigenvalue weighted by Gasteiger charge is 2.23. The van der Waals surface area contributed by atoms with E-state index >= 15 is 0 Å². The van der Waals surface area contributed by atoms with Crippen LogP contribution in [0.15, 0.2) is 28.7 Å². The average Bonchev–Trinajstić information content (AvgIpc) is 2.32. The molecule has 100 valence electrons. The van der Waals surface area contributed by atoms with Gasteiger partial charge in [-0.1, -0.05) is 41.9 Å². The number of nitrogens with zero attached hydrogens (tertiary/aromatic N) is 1. The predicted octanol–water partition coefficient (Wildman–Crippen LogP) is 2.92. The standard InChI is InChI=1S/C15H23BrN2/c1-15(2,12-18-9-7-17-8-10-18)11-13-3-5-14(16)6-4-13/h3-6,17H,7-12H2,1-2H3. The smallest absolute Gasteiger partial charge is 0.0175 e. The van der Waals surface area contributed by atoms with Crippen LogP contribution in [0.1, 0.15) is 19.4 Å². The van der Waals surface area contributed by atoms with E-state index in [0.29, 0.717) is 5.41 Å². The van der Waals surface area contributed by atoms with Crippen LogP contribution in [-0.4, -0.2) is 37.6 Å². The topological polar surface area (TPSA) is 15.3 Å². The summed E-state index contributed by atoms with van der Waals surface area (Å²) >= 11 is 3.49. The highest BCUT2D eigenvalue weighted by molar-refractivity contribution is 9.10. The Morgan fingerprint density at radius 2 is 1.78 bits per heavy atom. The minimum atomic E-state index is 0.338. The molecule has 0 aromatic heterocycles. The molecule has 1 aromatic carbocycles. The highest BCUT2D eigenvalue weighted by Crippen LogP contribution is 2.24. The fourth-order valence-corrected chi connectivity index (χ4v) is 2.95. The first-order valence-corrected chi connectivity index (χ1v) is 7.52. The van der Waals surface area contributed by atoms with Crippen molar-refractivity contribution >= 4 is 15.9 Å². The van der Waals surface area contributed by atoms with Gasteiger partial charge in [0.1, 0.15) is 0 Å². The zero-order valence-corrected chi connectivity index (χ0v) is 13.0. The Kier molecular flexibility index (Phi) is 4.82. The van der Waals surface area contributed by atoms with Gasteiger partial charge in [-0.05, 0) is 29.5 Å². The number of hydrogen-bond donors (Lipinski definition) is 1. The van der Waals surface area contributed by atoms with E-state index in [1.807, 2.05) is 0 Å². The van der Waals surface area contributed by atoms with Crippen LogP contribution in [0.4, 0.5) is 0 Å². The maximum atomic E-state index is 3.49. The number of halogens is 1. The van der Waals surface area contributed by atoms with Gasteiger partial charge in [0.25, 0.3) is 0 Å². The van der Waals surface area contributed by atoms with Crippen LogP contribution in [-0.2, 0) is 6.42 Å². The van der Waals surface area contributed by atoms with Gasteiger partial charge in [-0.15, -0.1) is 0 Å². The van der Waals surface area contributed by atoms with Gasteiger partial charge in [-0.2, -0.15) is 0 Å². The zero-order valence-electron chi connectivity index (χ0n) is 11.4. The quantitative estimate of drug-likeness (QED) is 0.920. The van der Waals surface area contributed by atoms with E-state index in [1.165, 1.54) is 25.2 Å². The van der Waals surface area contributed by atoms with Gasteiger partial charge in [-0.3, -0.25) is 0 Å². The van der Waals surface area contributed by atoms with Crippen molar-refractivity contribution in [3.05, 3.63) is 34.3 Å². The second-order valence-electron chi connectivity index (χ2n) is 5.99. The third kappa shape index (κ3) is 4.38. The Morgan fingerprint density at radius 1 is 1.17 bits per heavy atom. The van der Waals surface area contributed by atoms with Gasteiger partial charge >= 0.3 is 0 Å². The second-order valence-corrected chi connectivity index (χ2v) is 6.91. The molecule has 0 amide bonds. The Bertz CT molecular complexity index is 367. The van der Waals surface area contributed by atoms with E-state index in [4.69, 9.17) is 0 Å². The van der Waals surface area contributed by atoms with Crippen molar-refractivity contribution in [1.82, 2.24) is 10.2 Å².